The molecule has 0 aliphatic carbocycles. The fourth-order valence-corrected chi connectivity index (χ4v) is 3.96. The van der Waals surface area contributed by atoms with Crippen LogP contribution in [0, 0.1) is 11.7 Å². The smallest absolute Gasteiger partial charge is 0.253 e. The zero-order chi connectivity index (χ0) is 14.0. The van der Waals surface area contributed by atoms with E-state index in [2.05, 4.69) is 5.32 Å². The van der Waals surface area contributed by atoms with Crippen LogP contribution in [0.3, 0.4) is 0 Å². The van der Waals surface area contributed by atoms with Crippen LogP contribution in [0.4, 0.5) is 10.1 Å². The van der Waals surface area contributed by atoms with E-state index < -0.39 is 21.6 Å². The van der Waals surface area contributed by atoms with Gasteiger partial charge in [0, 0.05) is 6.54 Å². The van der Waals surface area contributed by atoms with E-state index in [-0.39, 0.29) is 35.2 Å². The zero-order valence-corrected chi connectivity index (χ0v) is 11.0. The third-order valence-electron chi connectivity index (χ3n) is 3.18. The third kappa shape index (κ3) is 3.23. The Morgan fingerprint density at radius 1 is 1.47 bits per heavy atom. The molecular weight excluding hydrogens is 271 g/mol. The van der Waals surface area contributed by atoms with Gasteiger partial charge in [-0.3, -0.25) is 4.79 Å². The van der Waals surface area contributed by atoms with Gasteiger partial charge in [-0.2, -0.15) is 0 Å². The maximum atomic E-state index is 13.2. The first-order chi connectivity index (χ1) is 8.89. The van der Waals surface area contributed by atoms with E-state index in [9.17, 15) is 17.6 Å². The summed E-state index contributed by atoms with van der Waals surface area (Å²) in [5.74, 6) is -0.956. The minimum absolute atomic E-state index is 0.0702. The number of nitrogens with one attached hydrogen (secondary N) is 1. The first-order valence-corrected chi connectivity index (χ1v) is 7.74. The Kier molecular flexibility index (Phi) is 3.75. The van der Waals surface area contributed by atoms with E-state index in [1.165, 1.54) is 18.2 Å². The van der Waals surface area contributed by atoms with Crippen molar-refractivity contribution in [3.63, 3.8) is 0 Å². The molecule has 1 heterocycles. The zero-order valence-electron chi connectivity index (χ0n) is 10.2. The SMILES string of the molecule is Nc1c(F)cccc1C(=O)NCC1CCS(=O)(=O)C1. The van der Waals surface area contributed by atoms with Crippen molar-refractivity contribution in [1.29, 1.82) is 0 Å². The second-order valence-corrected chi connectivity index (χ2v) is 6.91. The minimum atomic E-state index is -2.96. The fraction of sp³-hybridized carbons (Fsp3) is 0.417. The number of carbonyl (C=O) groups excluding carboxylic acids is 1. The third-order valence-corrected chi connectivity index (χ3v) is 5.01. The Morgan fingerprint density at radius 3 is 2.84 bits per heavy atom. The van der Waals surface area contributed by atoms with Crippen LogP contribution in [-0.4, -0.2) is 32.4 Å². The predicted octanol–water partition coefficient (Wildman–Crippen LogP) is 0.572. The van der Waals surface area contributed by atoms with Gasteiger partial charge >= 0.3 is 0 Å². The van der Waals surface area contributed by atoms with Gasteiger partial charge in [-0.25, -0.2) is 12.8 Å². The van der Waals surface area contributed by atoms with Gasteiger partial charge in [0.15, 0.2) is 9.84 Å². The van der Waals surface area contributed by atoms with Crippen LogP contribution in [0.5, 0.6) is 0 Å². The van der Waals surface area contributed by atoms with Gasteiger partial charge in [0.25, 0.3) is 5.91 Å². The van der Waals surface area contributed by atoms with Crippen molar-refractivity contribution < 1.29 is 17.6 Å². The largest absolute Gasteiger partial charge is 0.396 e. The van der Waals surface area contributed by atoms with Crippen LogP contribution in [0.25, 0.3) is 0 Å². The number of carbonyl (C=O) groups is 1. The van der Waals surface area contributed by atoms with Gasteiger partial charge in [-0.15, -0.1) is 0 Å². The Balaban J connectivity index is 1.97. The van der Waals surface area contributed by atoms with E-state index in [0.29, 0.717) is 6.42 Å². The molecule has 0 bridgehead atoms. The van der Waals surface area contributed by atoms with Crippen molar-refractivity contribution in [3.8, 4) is 0 Å². The minimum Gasteiger partial charge on any atom is -0.396 e. The summed E-state index contributed by atoms with van der Waals surface area (Å²) in [5, 5.41) is 2.60. The Bertz CT molecular complexity index is 601. The van der Waals surface area contributed by atoms with Crippen LogP contribution < -0.4 is 11.1 Å². The second-order valence-electron chi connectivity index (χ2n) is 4.68. The second kappa shape index (κ2) is 5.16. The van der Waals surface area contributed by atoms with Gasteiger partial charge in [0.05, 0.1) is 22.8 Å². The van der Waals surface area contributed by atoms with Gasteiger partial charge in [-0.05, 0) is 24.5 Å². The van der Waals surface area contributed by atoms with Crippen LogP contribution >= 0.6 is 0 Å². The number of benzene rings is 1. The van der Waals surface area contributed by atoms with Crippen LogP contribution in [0.15, 0.2) is 18.2 Å². The van der Waals surface area contributed by atoms with Gasteiger partial charge in [-0.1, -0.05) is 6.07 Å². The number of rotatable bonds is 3. The standard InChI is InChI=1S/C12H15FN2O3S/c13-10-3-1-2-9(11(10)14)12(16)15-6-8-4-5-19(17,18)7-8/h1-3,8H,4-7,14H2,(H,15,16). The van der Waals surface area contributed by atoms with Gasteiger partial charge in [0.1, 0.15) is 5.82 Å². The van der Waals surface area contributed by atoms with Crippen molar-refractivity contribution in [2.24, 2.45) is 5.92 Å². The summed E-state index contributed by atoms with van der Waals surface area (Å²) < 4.78 is 35.7. The lowest BCUT2D eigenvalue weighted by molar-refractivity contribution is 0.0949. The molecule has 0 radical (unpaired) electrons. The highest BCUT2D eigenvalue weighted by Crippen LogP contribution is 2.18. The fourth-order valence-electron chi connectivity index (χ4n) is 2.10. The molecule has 5 nitrogen and oxygen atoms in total. The maximum absolute atomic E-state index is 13.2. The summed E-state index contributed by atoms with van der Waals surface area (Å²) in [7, 11) is -2.96. The van der Waals surface area contributed by atoms with E-state index in [0.717, 1.165) is 0 Å². The number of hydrogen-bond acceptors (Lipinski definition) is 4. The monoisotopic (exact) mass is 286 g/mol. The average molecular weight is 286 g/mol. The lowest BCUT2D eigenvalue weighted by atomic mass is 10.1. The summed E-state index contributed by atoms with van der Waals surface area (Å²) >= 11 is 0. The number of anilines is 1. The molecule has 1 aliphatic heterocycles. The number of para-hydroxylation sites is 1. The molecule has 1 unspecified atom stereocenters. The maximum Gasteiger partial charge on any atom is 0.253 e. The Morgan fingerprint density at radius 2 is 2.21 bits per heavy atom. The number of hydrogen-bond donors (Lipinski definition) is 2. The van der Waals surface area contributed by atoms with Crippen LogP contribution in [0.2, 0.25) is 0 Å². The van der Waals surface area contributed by atoms with E-state index in [4.69, 9.17) is 5.73 Å². The summed E-state index contributed by atoms with van der Waals surface area (Å²) in [4.78, 5) is 11.8. The molecule has 0 saturated carbocycles. The van der Waals surface area contributed by atoms with Crippen molar-refractivity contribution >= 4 is 21.4 Å². The summed E-state index contributed by atoms with van der Waals surface area (Å²) in [6.07, 6.45) is 0.543. The van der Waals surface area contributed by atoms with E-state index in [1.807, 2.05) is 0 Å². The molecule has 3 N–H and O–H groups in total. The average Bonchev–Trinajstić information content (AvgIpc) is 2.69. The molecule has 2 rings (SSSR count). The van der Waals surface area contributed by atoms with Crippen molar-refractivity contribution in [2.45, 2.75) is 6.42 Å². The molecule has 0 aromatic heterocycles. The first kappa shape index (κ1) is 13.8. The quantitative estimate of drug-likeness (QED) is 0.795. The molecule has 1 fully saturated rings. The first-order valence-electron chi connectivity index (χ1n) is 5.91. The van der Waals surface area contributed by atoms with Crippen molar-refractivity contribution in [1.82, 2.24) is 5.32 Å². The lowest BCUT2D eigenvalue weighted by Gasteiger charge is -2.11. The molecule has 7 heteroatoms. The normalized spacial score (nSPS) is 21.2. The molecule has 1 atom stereocenters. The topological polar surface area (TPSA) is 89.3 Å². The van der Waals surface area contributed by atoms with Crippen molar-refractivity contribution in [3.05, 3.63) is 29.6 Å². The van der Waals surface area contributed by atoms with Crippen LogP contribution in [0.1, 0.15) is 16.8 Å². The number of nitrogen functional groups attached to an aromatic ring is 1. The number of nitrogens with two attached hydrogens (primary N) is 1. The lowest BCUT2D eigenvalue weighted by Crippen LogP contribution is -2.30. The molecule has 1 aromatic rings. The highest BCUT2D eigenvalue weighted by Gasteiger charge is 2.28. The van der Waals surface area contributed by atoms with Gasteiger partial charge in [0.2, 0.25) is 0 Å². The predicted molar refractivity (Wildman–Crippen MR) is 69.9 cm³/mol. The molecule has 1 aromatic carbocycles. The van der Waals surface area contributed by atoms with Gasteiger partial charge < -0.3 is 11.1 Å². The molecule has 1 aliphatic rings. The van der Waals surface area contributed by atoms with E-state index >= 15 is 0 Å². The highest BCUT2D eigenvalue weighted by molar-refractivity contribution is 7.91. The summed E-state index contributed by atoms with van der Waals surface area (Å²) in [5.41, 5.74) is 5.35. The number of sulfone groups is 1. The molecule has 1 amide bonds. The molecular formula is C12H15FN2O3S. The molecule has 1 saturated heterocycles. The molecule has 104 valence electrons. The Hall–Kier alpha value is -1.63. The summed E-state index contributed by atoms with van der Waals surface area (Å²) in [6, 6.07) is 4.01. The molecule has 19 heavy (non-hydrogen) atoms. The summed E-state index contributed by atoms with van der Waals surface area (Å²) in [6.45, 7) is 0.258. The van der Waals surface area contributed by atoms with Crippen LogP contribution in [-0.2, 0) is 9.84 Å². The number of amides is 1. The Labute approximate surface area is 110 Å². The highest BCUT2D eigenvalue weighted by atomic mass is 32.2. The molecule has 0 spiro atoms. The van der Waals surface area contributed by atoms with E-state index in [1.54, 1.807) is 0 Å². The van der Waals surface area contributed by atoms with Crippen molar-refractivity contribution in [2.75, 3.05) is 23.8 Å². The number of halogens is 1.